The molecule has 0 bridgehead atoms. The van der Waals surface area contributed by atoms with Crippen molar-refractivity contribution in [3.63, 3.8) is 0 Å². The predicted octanol–water partition coefficient (Wildman–Crippen LogP) is 1.38. The Morgan fingerprint density at radius 1 is 1.32 bits per heavy atom. The first-order valence-corrected chi connectivity index (χ1v) is 8.09. The minimum absolute atomic E-state index is 0.460. The van der Waals surface area contributed by atoms with Crippen molar-refractivity contribution in [1.82, 2.24) is 9.97 Å². The van der Waals surface area contributed by atoms with Crippen LogP contribution in [0, 0.1) is 0 Å². The van der Waals surface area contributed by atoms with Gasteiger partial charge in [0.2, 0.25) is 5.91 Å². The lowest BCUT2D eigenvalue weighted by molar-refractivity contribution is -0.113. The van der Waals surface area contributed by atoms with E-state index in [1.54, 1.807) is 18.3 Å². The van der Waals surface area contributed by atoms with Crippen LogP contribution in [0.2, 0.25) is 0 Å². The molecule has 0 radical (unpaired) electrons. The molecule has 6 nitrogen and oxygen atoms in total. The number of nitrogens with one attached hydrogen (secondary N) is 1. The van der Waals surface area contributed by atoms with Crippen molar-refractivity contribution in [3.8, 4) is 0 Å². The monoisotopic (exact) mass is 343 g/mol. The molecule has 0 unspecified atom stereocenters. The van der Waals surface area contributed by atoms with Gasteiger partial charge < -0.3 is 5.32 Å². The van der Waals surface area contributed by atoms with Crippen LogP contribution in [-0.4, -0.2) is 36.3 Å². The van der Waals surface area contributed by atoms with Crippen LogP contribution in [0.15, 0.2) is 29.0 Å². The number of hydrogen-bond acceptors (Lipinski definition) is 5. The molecular formula is C11H10BrN3O3S. The lowest BCUT2D eigenvalue weighted by atomic mass is 10.2. The second-order valence-electron chi connectivity index (χ2n) is 3.97. The van der Waals surface area contributed by atoms with E-state index in [0.29, 0.717) is 21.2 Å². The second-order valence-corrected chi connectivity index (χ2v) is 6.90. The molecule has 0 spiro atoms. The molecule has 19 heavy (non-hydrogen) atoms. The minimum Gasteiger partial charge on any atom is -0.324 e. The fourth-order valence-electron chi connectivity index (χ4n) is 1.52. The Bertz CT molecular complexity index is 746. The van der Waals surface area contributed by atoms with Crippen LogP contribution in [0.5, 0.6) is 0 Å². The first-order chi connectivity index (χ1) is 8.87. The Kier molecular flexibility index (Phi) is 3.81. The zero-order chi connectivity index (χ0) is 14.0. The van der Waals surface area contributed by atoms with Crippen LogP contribution in [0.1, 0.15) is 0 Å². The third-order valence-corrected chi connectivity index (χ3v) is 3.84. The number of nitrogens with zero attached hydrogens (tertiary/aromatic N) is 2. The zero-order valence-electron chi connectivity index (χ0n) is 9.92. The Morgan fingerprint density at radius 2 is 2.00 bits per heavy atom. The van der Waals surface area contributed by atoms with E-state index in [1.165, 1.54) is 6.20 Å². The highest BCUT2D eigenvalue weighted by Crippen LogP contribution is 2.28. The van der Waals surface area contributed by atoms with Gasteiger partial charge in [-0.15, -0.1) is 0 Å². The van der Waals surface area contributed by atoms with Crippen molar-refractivity contribution in [2.24, 2.45) is 0 Å². The summed E-state index contributed by atoms with van der Waals surface area (Å²) in [4.78, 5) is 19.8. The van der Waals surface area contributed by atoms with Gasteiger partial charge in [0.15, 0.2) is 9.84 Å². The van der Waals surface area contributed by atoms with Crippen molar-refractivity contribution >= 4 is 48.4 Å². The Balaban J connectivity index is 2.31. The Morgan fingerprint density at radius 3 is 2.68 bits per heavy atom. The minimum atomic E-state index is -3.35. The maximum absolute atomic E-state index is 11.6. The molecule has 100 valence electrons. The summed E-state index contributed by atoms with van der Waals surface area (Å²) in [5.74, 6) is -1.15. The number of anilines is 1. The summed E-state index contributed by atoms with van der Waals surface area (Å²) >= 11 is 3.32. The third kappa shape index (κ3) is 3.48. The maximum Gasteiger partial charge on any atom is 0.239 e. The van der Waals surface area contributed by atoms with E-state index in [4.69, 9.17) is 0 Å². The molecule has 2 rings (SSSR count). The van der Waals surface area contributed by atoms with Gasteiger partial charge in [-0.25, -0.2) is 8.42 Å². The van der Waals surface area contributed by atoms with Gasteiger partial charge in [-0.1, -0.05) is 0 Å². The van der Waals surface area contributed by atoms with Crippen molar-refractivity contribution < 1.29 is 13.2 Å². The summed E-state index contributed by atoms with van der Waals surface area (Å²) < 4.78 is 22.6. The molecule has 0 atom stereocenters. The molecule has 0 aliphatic heterocycles. The second kappa shape index (κ2) is 5.22. The molecule has 1 amide bonds. The lowest BCUT2D eigenvalue weighted by Gasteiger charge is -2.08. The highest BCUT2D eigenvalue weighted by molar-refractivity contribution is 9.10. The first-order valence-electron chi connectivity index (χ1n) is 5.23. The average molecular weight is 344 g/mol. The standard InChI is InChI=1S/C11H10BrN3O3S/c1-19(17,18)6-9(16)15-7-2-3-8-11(10(7)12)14-5-4-13-8/h2-5H,6H2,1H3,(H,15,16). The van der Waals surface area contributed by atoms with E-state index in [0.717, 1.165) is 6.26 Å². The molecule has 8 heteroatoms. The quantitative estimate of drug-likeness (QED) is 0.909. The molecule has 0 saturated carbocycles. The molecule has 1 aromatic heterocycles. The smallest absolute Gasteiger partial charge is 0.239 e. The number of sulfone groups is 1. The molecule has 1 aromatic carbocycles. The van der Waals surface area contributed by atoms with Gasteiger partial charge in [-0.05, 0) is 28.1 Å². The van der Waals surface area contributed by atoms with E-state index in [2.05, 4.69) is 31.2 Å². The van der Waals surface area contributed by atoms with Gasteiger partial charge in [0.1, 0.15) is 11.3 Å². The van der Waals surface area contributed by atoms with Crippen LogP contribution in [0.3, 0.4) is 0 Å². The first kappa shape index (κ1) is 13.9. The number of halogens is 1. The fraction of sp³-hybridized carbons (Fsp3) is 0.182. The van der Waals surface area contributed by atoms with E-state index < -0.39 is 21.5 Å². The molecule has 1 heterocycles. The van der Waals surface area contributed by atoms with Crippen molar-refractivity contribution in [2.75, 3.05) is 17.3 Å². The summed E-state index contributed by atoms with van der Waals surface area (Å²) in [6, 6.07) is 3.34. The highest BCUT2D eigenvalue weighted by Gasteiger charge is 2.14. The number of aromatic nitrogens is 2. The molecule has 0 saturated heterocycles. The Hall–Kier alpha value is -1.54. The summed E-state index contributed by atoms with van der Waals surface area (Å²) in [5, 5.41) is 2.53. The third-order valence-electron chi connectivity index (χ3n) is 2.25. The molecule has 0 fully saturated rings. The summed E-state index contributed by atoms with van der Waals surface area (Å²) in [6.45, 7) is 0. The summed E-state index contributed by atoms with van der Waals surface area (Å²) in [5.41, 5.74) is 1.73. The van der Waals surface area contributed by atoms with Crippen LogP contribution < -0.4 is 5.32 Å². The highest BCUT2D eigenvalue weighted by atomic mass is 79.9. The van der Waals surface area contributed by atoms with E-state index in [-0.39, 0.29) is 0 Å². The van der Waals surface area contributed by atoms with Crippen LogP contribution in [-0.2, 0) is 14.6 Å². The number of fused-ring (bicyclic) bond motifs is 1. The molecule has 1 N–H and O–H groups in total. The van der Waals surface area contributed by atoms with Gasteiger partial charge >= 0.3 is 0 Å². The van der Waals surface area contributed by atoms with Crippen molar-refractivity contribution in [3.05, 3.63) is 29.0 Å². The summed E-state index contributed by atoms with van der Waals surface area (Å²) in [7, 11) is -3.35. The molecular weight excluding hydrogens is 334 g/mol. The largest absolute Gasteiger partial charge is 0.324 e. The van der Waals surface area contributed by atoms with E-state index in [1.807, 2.05) is 0 Å². The van der Waals surface area contributed by atoms with Crippen molar-refractivity contribution in [1.29, 1.82) is 0 Å². The maximum atomic E-state index is 11.6. The van der Waals surface area contributed by atoms with Crippen molar-refractivity contribution in [2.45, 2.75) is 0 Å². The Labute approximate surface area is 118 Å². The summed E-state index contributed by atoms with van der Waals surface area (Å²) in [6.07, 6.45) is 4.11. The number of hydrogen-bond donors (Lipinski definition) is 1. The fourth-order valence-corrected chi connectivity index (χ4v) is 2.61. The van der Waals surface area contributed by atoms with Gasteiger partial charge in [-0.3, -0.25) is 14.8 Å². The number of benzene rings is 1. The average Bonchev–Trinajstić information content (AvgIpc) is 2.31. The molecule has 0 aliphatic rings. The van der Waals surface area contributed by atoms with Crippen LogP contribution in [0.25, 0.3) is 11.0 Å². The SMILES string of the molecule is CS(=O)(=O)CC(=O)Nc1ccc2nccnc2c1Br. The van der Waals surface area contributed by atoms with Gasteiger partial charge in [0.25, 0.3) is 0 Å². The number of amides is 1. The predicted molar refractivity (Wildman–Crippen MR) is 75.6 cm³/mol. The van der Waals surface area contributed by atoms with E-state index in [9.17, 15) is 13.2 Å². The van der Waals surface area contributed by atoms with Gasteiger partial charge in [0.05, 0.1) is 15.7 Å². The van der Waals surface area contributed by atoms with Gasteiger partial charge in [-0.2, -0.15) is 0 Å². The normalized spacial score (nSPS) is 11.5. The van der Waals surface area contributed by atoms with Crippen LogP contribution in [0.4, 0.5) is 5.69 Å². The number of carbonyl (C=O) groups is 1. The number of rotatable bonds is 3. The number of carbonyl (C=O) groups excluding carboxylic acids is 1. The van der Waals surface area contributed by atoms with Crippen LogP contribution >= 0.6 is 15.9 Å². The topological polar surface area (TPSA) is 89.0 Å². The van der Waals surface area contributed by atoms with Gasteiger partial charge in [0, 0.05) is 18.6 Å². The lowest BCUT2D eigenvalue weighted by Crippen LogP contribution is -2.22. The zero-order valence-corrected chi connectivity index (χ0v) is 12.3. The molecule has 2 aromatic rings. The van der Waals surface area contributed by atoms with E-state index >= 15 is 0 Å². The molecule has 0 aliphatic carbocycles.